The van der Waals surface area contributed by atoms with Gasteiger partial charge in [-0.3, -0.25) is 0 Å². The van der Waals surface area contributed by atoms with E-state index >= 15 is 0 Å². The van der Waals surface area contributed by atoms with Gasteiger partial charge in [0, 0.05) is 84.6 Å². The van der Waals surface area contributed by atoms with Gasteiger partial charge in [-0.15, -0.1) is 0 Å². The fraction of sp³-hybridized carbons (Fsp3) is 0.783. The molecular weight excluding hydrogens is 785 g/mol. The Morgan fingerprint density at radius 1 is 0.459 bits per heavy atom. The highest BCUT2D eigenvalue weighted by Gasteiger charge is 2.51. The number of piperidine rings is 4. The molecule has 0 unspecified atom stereocenters. The van der Waals surface area contributed by atoms with Crippen molar-refractivity contribution in [3.05, 3.63) is 34.4 Å². The standard InChI is InChI=1S/C46H74N4O11/c1-39(2)19-27(20-40(3,4)47-39)58-35(51)31-17-33(37(53)60-29-23-43(9,10)49(56)44(11,12)24-29)34(38(54)61-30-25-45(13,14)50(57)46(15,16)26-30)18-32(31)36(52)59-28-21-41(5,6)48(55)42(7,8)22-28/h17-18,27-30,47,55-57H,19-26H2,1-16H3/p+1. The number of hydrogen-bond donors (Lipinski definition) is 3. The second-order valence-electron chi connectivity index (χ2n) is 23.4. The molecule has 0 radical (unpaired) electrons. The quantitative estimate of drug-likeness (QED) is 0.136. The Morgan fingerprint density at radius 3 is 0.918 bits per heavy atom. The van der Waals surface area contributed by atoms with Gasteiger partial charge >= 0.3 is 23.9 Å². The van der Waals surface area contributed by atoms with Crippen LogP contribution in [0.3, 0.4) is 0 Å². The Morgan fingerprint density at radius 2 is 0.672 bits per heavy atom. The number of carbonyl (C=O) groups is 4. The van der Waals surface area contributed by atoms with Crippen molar-refractivity contribution in [2.24, 2.45) is 0 Å². The molecule has 0 saturated carbocycles. The summed E-state index contributed by atoms with van der Waals surface area (Å²) in [6, 6.07) is 2.38. The van der Waals surface area contributed by atoms with E-state index in [9.17, 15) is 29.6 Å². The van der Waals surface area contributed by atoms with Crippen LogP contribution in [0.5, 0.6) is 0 Å². The number of nitrogens with zero attached hydrogens (tertiary/aromatic N) is 3. The summed E-state index contributed by atoms with van der Waals surface area (Å²) >= 11 is 0. The summed E-state index contributed by atoms with van der Waals surface area (Å²) in [5.74, 6) is -3.58. The molecule has 61 heavy (non-hydrogen) atoms. The highest BCUT2D eigenvalue weighted by molar-refractivity contribution is 6.10. The predicted octanol–water partition coefficient (Wildman–Crippen LogP) is 7.11. The van der Waals surface area contributed by atoms with Crippen LogP contribution in [0.2, 0.25) is 0 Å². The molecule has 0 amide bonds. The monoisotopic (exact) mass is 860 g/mol. The minimum atomic E-state index is -0.915. The van der Waals surface area contributed by atoms with Gasteiger partial charge in [-0.25, -0.2) is 19.2 Å². The third-order valence-corrected chi connectivity index (χ3v) is 13.2. The summed E-state index contributed by atoms with van der Waals surface area (Å²) in [6.45, 7) is 30.4. The van der Waals surface area contributed by atoms with Crippen molar-refractivity contribution in [2.75, 3.05) is 0 Å². The molecule has 4 saturated heterocycles. The van der Waals surface area contributed by atoms with Gasteiger partial charge in [0.15, 0.2) is 0 Å². The van der Waals surface area contributed by atoms with E-state index < -0.39 is 81.5 Å². The normalized spacial score (nSPS) is 26.5. The fourth-order valence-electron chi connectivity index (χ4n) is 11.2. The summed E-state index contributed by atoms with van der Waals surface area (Å²) in [5.41, 5.74) is -6.29. The maximum Gasteiger partial charge on any atom is 0.339 e. The molecule has 0 aliphatic carbocycles. The third-order valence-electron chi connectivity index (χ3n) is 13.2. The number of esters is 4. The summed E-state index contributed by atoms with van der Waals surface area (Å²) in [6.07, 6.45) is 0.123. The fourth-order valence-corrected chi connectivity index (χ4v) is 11.2. The van der Waals surface area contributed by atoms with Crippen molar-refractivity contribution in [2.45, 2.75) is 231 Å². The molecule has 0 bridgehead atoms. The second kappa shape index (κ2) is 16.1. The zero-order chi connectivity index (χ0) is 46.3. The molecular formula is C46H75N4O11+. The van der Waals surface area contributed by atoms with Crippen LogP contribution >= 0.6 is 0 Å². The van der Waals surface area contributed by atoms with Gasteiger partial charge in [0.25, 0.3) is 0 Å². The number of rotatable bonds is 8. The average molecular weight is 860 g/mol. The van der Waals surface area contributed by atoms with Gasteiger partial charge in [-0.05, 0) is 123 Å². The molecule has 5 rings (SSSR count). The maximum atomic E-state index is 14.6. The summed E-state index contributed by atoms with van der Waals surface area (Å²) in [7, 11) is 0. The Labute approximate surface area is 362 Å². The molecule has 4 aliphatic heterocycles. The van der Waals surface area contributed by atoms with E-state index in [0.717, 1.165) is 0 Å². The molecule has 0 spiro atoms. The van der Waals surface area contributed by atoms with E-state index in [1.54, 1.807) is 0 Å². The second-order valence-corrected chi connectivity index (χ2v) is 23.4. The zero-order valence-electron chi connectivity index (χ0n) is 39.6. The third kappa shape index (κ3) is 10.6. The van der Waals surface area contributed by atoms with Crippen molar-refractivity contribution >= 4 is 23.9 Å². The van der Waals surface area contributed by atoms with Crippen LogP contribution in [0.15, 0.2) is 12.1 Å². The smallest absolute Gasteiger partial charge is 0.339 e. The Kier molecular flexibility index (Phi) is 12.9. The first-order valence-corrected chi connectivity index (χ1v) is 21.8. The Hall–Kier alpha value is -3.18. The molecule has 0 atom stereocenters. The lowest BCUT2D eigenvalue weighted by molar-refractivity contribution is -0.257. The molecule has 15 nitrogen and oxygen atoms in total. The Bertz CT molecular complexity index is 1810. The van der Waals surface area contributed by atoms with Crippen molar-refractivity contribution in [1.29, 1.82) is 0 Å². The molecule has 4 aliphatic rings. The van der Waals surface area contributed by atoms with Crippen molar-refractivity contribution < 1.29 is 53.7 Å². The van der Waals surface area contributed by atoms with Crippen LogP contribution in [0.25, 0.3) is 0 Å². The van der Waals surface area contributed by atoms with Crippen LogP contribution in [0.4, 0.5) is 0 Å². The van der Waals surface area contributed by atoms with Crippen LogP contribution in [0, 0.1) is 0 Å². The van der Waals surface area contributed by atoms with Crippen LogP contribution < -0.4 is 5.32 Å². The lowest BCUT2D eigenvalue weighted by Gasteiger charge is -2.51. The highest BCUT2D eigenvalue weighted by atomic mass is 16.6. The van der Waals surface area contributed by atoms with E-state index in [4.69, 9.17) is 24.2 Å². The zero-order valence-corrected chi connectivity index (χ0v) is 39.6. The largest absolute Gasteiger partial charge is 0.459 e. The molecule has 4 heterocycles. The van der Waals surface area contributed by atoms with E-state index in [2.05, 4.69) is 5.32 Å². The van der Waals surface area contributed by atoms with Gasteiger partial charge in [0.05, 0.1) is 33.3 Å². The molecule has 1 aromatic carbocycles. The van der Waals surface area contributed by atoms with Gasteiger partial charge in [0.1, 0.15) is 24.4 Å². The molecule has 344 valence electrons. The first-order chi connectivity index (χ1) is 27.5. The van der Waals surface area contributed by atoms with E-state index in [-0.39, 0.29) is 59.0 Å². The summed E-state index contributed by atoms with van der Waals surface area (Å²) < 4.78 is 24.7. The van der Waals surface area contributed by atoms with E-state index in [1.807, 2.05) is 111 Å². The number of benzene rings is 1. The number of nitrogens with one attached hydrogen (secondary N) is 1. The molecule has 1 aromatic rings. The van der Waals surface area contributed by atoms with Gasteiger partial charge in [-0.1, -0.05) is 5.06 Å². The average Bonchev–Trinajstić information content (AvgIpc) is 3.05. The maximum absolute atomic E-state index is 14.6. The van der Waals surface area contributed by atoms with E-state index in [0.29, 0.717) is 25.7 Å². The van der Waals surface area contributed by atoms with Gasteiger partial charge < -0.3 is 39.9 Å². The van der Waals surface area contributed by atoms with Crippen molar-refractivity contribution in [3.63, 3.8) is 0 Å². The van der Waals surface area contributed by atoms with Crippen LogP contribution in [0.1, 0.15) is 204 Å². The molecule has 15 heteroatoms. The number of hydrogen-bond acceptors (Lipinski definition) is 14. The van der Waals surface area contributed by atoms with Crippen LogP contribution in [-0.2, 0) is 18.9 Å². The SMILES string of the molecule is CC1(C)CC(OC(=O)c2cc(C(=O)OC3CC(C)(C)N(O)C(C)(C)C3)c(C(=O)OC3CC(C)(C)N(O)C(C)(C)C3)cc2C(=O)OC2CC(C)(C)N([OH2+])C(C)(C)C2)CC(C)(C)N1. The van der Waals surface area contributed by atoms with E-state index in [1.165, 1.54) is 27.3 Å². The summed E-state index contributed by atoms with van der Waals surface area (Å²) in [4.78, 5) is 58.2. The minimum absolute atomic E-state index is 0.263. The molecule has 4 fully saturated rings. The predicted molar refractivity (Wildman–Crippen MR) is 229 cm³/mol. The Balaban J connectivity index is 1.62. The van der Waals surface area contributed by atoms with Gasteiger partial charge in [0.2, 0.25) is 0 Å². The number of carbonyl (C=O) groups excluding carboxylic acids is 4. The lowest BCUT2D eigenvalue weighted by Crippen LogP contribution is -2.60. The molecule has 5 N–H and O–H groups in total. The minimum Gasteiger partial charge on any atom is -0.459 e. The van der Waals surface area contributed by atoms with Crippen LogP contribution in [-0.4, -0.2) is 123 Å². The highest BCUT2D eigenvalue weighted by Crippen LogP contribution is 2.42. The van der Waals surface area contributed by atoms with Crippen molar-refractivity contribution in [3.8, 4) is 0 Å². The first-order valence-electron chi connectivity index (χ1n) is 21.8. The number of ether oxygens (including phenoxy) is 4. The number of hydroxylamine groups is 6. The van der Waals surface area contributed by atoms with Crippen molar-refractivity contribution in [1.82, 2.24) is 20.5 Å². The lowest BCUT2D eigenvalue weighted by atomic mass is 9.80. The summed E-state index contributed by atoms with van der Waals surface area (Å²) in [5, 5.41) is 38.3. The molecule has 0 aromatic heterocycles. The first kappa shape index (κ1) is 48.8. The topological polar surface area (TPSA) is 190 Å². The van der Waals surface area contributed by atoms with Gasteiger partial charge in [-0.2, -0.15) is 10.1 Å².